The van der Waals surface area contributed by atoms with Crippen LogP contribution in [0.5, 0.6) is 0 Å². The van der Waals surface area contributed by atoms with Crippen LogP contribution < -0.4 is 5.32 Å². The highest BCUT2D eigenvalue weighted by molar-refractivity contribution is 5.74. The largest absolute Gasteiger partial charge is 0.331 e. The number of urea groups is 1. The van der Waals surface area contributed by atoms with Gasteiger partial charge in [-0.2, -0.15) is 0 Å². The van der Waals surface area contributed by atoms with Crippen molar-refractivity contribution >= 4 is 6.03 Å². The van der Waals surface area contributed by atoms with Gasteiger partial charge in [0, 0.05) is 14.1 Å². The van der Waals surface area contributed by atoms with Gasteiger partial charge in [0.05, 0.1) is 0 Å². The van der Waals surface area contributed by atoms with Crippen LogP contribution in [0.3, 0.4) is 0 Å². The van der Waals surface area contributed by atoms with Gasteiger partial charge in [-0.15, -0.1) is 5.10 Å². The number of carbonyl (C=O) groups is 1. The van der Waals surface area contributed by atoms with Crippen LogP contribution in [-0.2, 0) is 0 Å². The van der Waals surface area contributed by atoms with Crippen molar-refractivity contribution in [1.82, 2.24) is 30.4 Å². The van der Waals surface area contributed by atoms with Crippen LogP contribution in [0.2, 0.25) is 0 Å². The van der Waals surface area contributed by atoms with Gasteiger partial charge in [-0.1, -0.05) is 30.3 Å². The molecule has 0 saturated carbocycles. The molecule has 2 aromatic rings. The lowest BCUT2D eigenvalue weighted by atomic mass is 10.2. The second kappa shape index (κ2) is 5.26. The van der Waals surface area contributed by atoms with E-state index in [2.05, 4.69) is 20.8 Å². The van der Waals surface area contributed by atoms with Gasteiger partial charge in [0.2, 0.25) is 0 Å². The van der Waals surface area contributed by atoms with Crippen LogP contribution in [-0.4, -0.2) is 45.2 Å². The number of nitrogens with one attached hydrogen (secondary N) is 1. The molecule has 0 aliphatic heterocycles. The van der Waals surface area contributed by atoms with E-state index in [1.807, 2.05) is 30.3 Å². The van der Waals surface area contributed by atoms with E-state index < -0.39 is 6.17 Å². The Morgan fingerprint density at radius 3 is 2.61 bits per heavy atom. The van der Waals surface area contributed by atoms with E-state index in [-0.39, 0.29) is 6.03 Å². The van der Waals surface area contributed by atoms with Crippen LogP contribution in [0.1, 0.15) is 11.7 Å². The summed E-state index contributed by atoms with van der Waals surface area (Å²) in [4.78, 5) is 13.2. The summed E-state index contributed by atoms with van der Waals surface area (Å²) < 4.78 is 1.50. The third-order valence-electron chi connectivity index (χ3n) is 2.41. The van der Waals surface area contributed by atoms with Crippen molar-refractivity contribution in [3.05, 3.63) is 42.2 Å². The van der Waals surface area contributed by atoms with Crippen molar-refractivity contribution < 1.29 is 4.79 Å². The molecule has 0 aliphatic rings. The van der Waals surface area contributed by atoms with Crippen molar-refractivity contribution in [3.63, 3.8) is 0 Å². The lowest BCUT2D eigenvalue weighted by molar-refractivity contribution is 0.209. The normalized spacial score (nSPS) is 11.9. The minimum atomic E-state index is -0.420. The van der Waals surface area contributed by atoms with Crippen molar-refractivity contribution in [2.45, 2.75) is 6.17 Å². The zero-order valence-corrected chi connectivity index (χ0v) is 10.2. The SMILES string of the molecule is CN(C)C(=O)NC(c1ccccc1)n1cnnn1. The second-order valence-corrected chi connectivity index (χ2v) is 3.95. The molecule has 1 heterocycles. The van der Waals surface area contributed by atoms with E-state index in [4.69, 9.17) is 0 Å². The minimum absolute atomic E-state index is 0.209. The monoisotopic (exact) mass is 246 g/mol. The summed E-state index contributed by atoms with van der Waals surface area (Å²) in [6, 6.07) is 9.31. The highest BCUT2D eigenvalue weighted by atomic mass is 16.2. The van der Waals surface area contributed by atoms with Crippen LogP contribution in [0.4, 0.5) is 4.79 Å². The van der Waals surface area contributed by atoms with Gasteiger partial charge in [0.25, 0.3) is 0 Å². The summed E-state index contributed by atoms with van der Waals surface area (Å²) in [5, 5.41) is 13.8. The molecule has 1 aromatic carbocycles. The van der Waals surface area contributed by atoms with Gasteiger partial charge < -0.3 is 10.2 Å². The molecule has 0 radical (unpaired) electrons. The predicted molar refractivity (Wildman–Crippen MR) is 64.6 cm³/mol. The molecule has 7 nitrogen and oxygen atoms in total. The molecule has 0 fully saturated rings. The molecular weight excluding hydrogens is 232 g/mol. The first-order chi connectivity index (χ1) is 8.68. The molecule has 18 heavy (non-hydrogen) atoms. The minimum Gasteiger partial charge on any atom is -0.331 e. The van der Waals surface area contributed by atoms with Gasteiger partial charge in [0.1, 0.15) is 6.33 Å². The summed E-state index contributed by atoms with van der Waals surface area (Å²) in [5.41, 5.74) is 0.903. The molecule has 1 atom stereocenters. The molecule has 1 unspecified atom stereocenters. The molecule has 1 aromatic heterocycles. The maximum absolute atomic E-state index is 11.8. The van der Waals surface area contributed by atoms with Crippen molar-refractivity contribution in [2.75, 3.05) is 14.1 Å². The smallest absolute Gasteiger partial charge is 0.318 e. The van der Waals surface area contributed by atoms with E-state index in [0.717, 1.165) is 5.56 Å². The molecule has 7 heteroatoms. The first-order valence-corrected chi connectivity index (χ1v) is 5.43. The first kappa shape index (κ1) is 12.0. The number of nitrogens with zero attached hydrogens (tertiary/aromatic N) is 5. The molecule has 0 saturated heterocycles. The molecule has 1 N–H and O–H groups in total. The Kier molecular flexibility index (Phi) is 3.52. The Morgan fingerprint density at radius 1 is 1.33 bits per heavy atom. The van der Waals surface area contributed by atoms with Crippen molar-refractivity contribution in [1.29, 1.82) is 0 Å². The van der Waals surface area contributed by atoms with Crippen molar-refractivity contribution in [3.8, 4) is 0 Å². The van der Waals surface area contributed by atoms with Crippen molar-refractivity contribution in [2.24, 2.45) is 0 Å². The average molecular weight is 246 g/mol. The summed E-state index contributed by atoms with van der Waals surface area (Å²) >= 11 is 0. The van der Waals surface area contributed by atoms with E-state index >= 15 is 0 Å². The summed E-state index contributed by atoms with van der Waals surface area (Å²) in [7, 11) is 3.36. The van der Waals surface area contributed by atoms with E-state index in [0.29, 0.717) is 0 Å². The number of hydrogen-bond donors (Lipinski definition) is 1. The van der Waals surface area contributed by atoms with E-state index in [1.165, 1.54) is 15.9 Å². The van der Waals surface area contributed by atoms with Crippen LogP contribution in [0.25, 0.3) is 0 Å². The standard InChI is InChI=1S/C11H14N6O/c1-16(2)11(18)13-10(17-8-12-14-15-17)9-6-4-3-5-7-9/h3-8,10H,1-2H3,(H,13,18). The lowest BCUT2D eigenvalue weighted by Crippen LogP contribution is -2.40. The fourth-order valence-corrected chi connectivity index (χ4v) is 1.47. The zero-order chi connectivity index (χ0) is 13.0. The first-order valence-electron chi connectivity index (χ1n) is 5.43. The number of tetrazole rings is 1. The van der Waals surface area contributed by atoms with Crippen LogP contribution in [0, 0.1) is 0 Å². The quantitative estimate of drug-likeness (QED) is 0.855. The summed E-state index contributed by atoms with van der Waals surface area (Å²) in [6.07, 6.45) is 1.05. The second-order valence-electron chi connectivity index (χ2n) is 3.95. The molecule has 0 aliphatic carbocycles. The third-order valence-corrected chi connectivity index (χ3v) is 2.41. The van der Waals surface area contributed by atoms with E-state index in [1.54, 1.807) is 14.1 Å². The Labute approximate surface area is 104 Å². The fourth-order valence-electron chi connectivity index (χ4n) is 1.47. The maximum atomic E-state index is 11.8. The zero-order valence-electron chi connectivity index (χ0n) is 10.2. The number of hydrogen-bond acceptors (Lipinski definition) is 4. The molecular formula is C11H14N6O. The van der Waals surface area contributed by atoms with E-state index in [9.17, 15) is 4.79 Å². The van der Waals surface area contributed by atoms with Gasteiger partial charge in [0.15, 0.2) is 6.17 Å². The van der Waals surface area contributed by atoms with Crippen LogP contribution in [0.15, 0.2) is 36.7 Å². The average Bonchev–Trinajstić information content (AvgIpc) is 2.90. The highest BCUT2D eigenvalue weighted by Crippen LogP contribution is 2.13. The summed E-state index contributed by atoms with van der Waals surface area (Å²) in [5.74, 6) is 0. The fraction of sp³-hybridized carbons (Fsp3) is 0.273. The number of benzene rings is 1. The Hall–Kier alpha value is -2.44. The number of carbonyl (C=O) groups excluding carboxylic acids is 1. The van der Waals surface area contributed by atoms with Gasteiger partial charge in [-0.25, -0.2) is 9.48 Å². The molecule has 0 spiro atoms. The highest BCUT2D eigenvalue weighted by Gasteiger charge is 2.18. The van der Waals surface area contributed by atoms with Gasteiger partial charge in [-0.3, -0.25) is 0 Å². The topological polar surface area (TPSA) is 75.9 Å². The van der Waals surface area contributed by atoms with Crippen LogP contribution >= 0.6 is 0 Å². The Morgan fingerprint density at radius 2 is 2.06 bits per heavy atom. The maximum Gasteiger partial charge on any atom is 0.318 e. The Bertz CT molecular complexity index is 496. The molecule has 2 amide bonds. The lowest BCUT2D eigenvalue weighted by Gasteiger charge is -2.21. The third kappa shape index (κ3) is 2.62. The molecule has 2 rings (SSSR count). The number of aromatic nitrogens is 4. The van der Waals surface area contributed by atoms with Gasteiger partial charge in [-0.05, 0) is 16.0 Å². The van der Waals surface area contributed by atoms with Gasteiger partial charge >= 0.3 is 6.03 Å². The Balaban J connectivity index is 2.27. The molecule has 94 valence electrons. The predicted octanol–water partition coefficient (Wildman–Crippen LogP) is 0.491. The number of amides is 2. The molecule has 0 bridgehead atoms. The summed E-state index contributed by atoms with van der Waals surface area (Å²) in [6.45, 7) is 0. The number of rotatable bonds is 3.